The lowest BCUT2D eigenvalue weighted by molar-refractivity contribution is 0.102. The van der Waals surface area contributed by atoms with Crippen LogP contribution in [0.25, 0.3) is 11.3 Å². The molecule has 1 fully saturated rings. The van der Waals surface area contributed by atoms with E-state index in [9.17, 15) is 18.3 Å². The molecule has 4 rings (SSSR count). The maximum Gasteiger partial charge on any atom is 0.273 e. The molecule has 2 aromatic carbocycles. The molecule has 0 bridgehead atoms. The van der Waals surface area contributed by atoms with E-state index < -0.39 is 15.9 Å². The monoisotopic (exact) mass is 468 g/mol. The summed E-state index contributed by atoms with van der Waals surface area (Å²) in [6, 6.07) is 11.2. The molecule has 0 unspecified atom stereocenters. The van der Waals surface area contributed by atoms with Crippen LogP contribution in [0.4, 0.5) is 5.69 Å². The largest absolute Gasteiger partial charge is 0.507 e. The Morgan fingerprint density at radius 2 is 1.64 bits per heavy atom. The second-order valence-electron chi connectivity index (χ2n) is 8.42. The molecule has 3 N–H and O–H groups in total. The van der Waals surface area contributed by atoms with Gasteiger partial charge >= 0.3 is 0 Å². The maximum absolute atomic E-state index is 12.9. The third-order valence-corrected chi connectivity index (χ3v) is 7.94. The Balaban J connectivity index is 1.47. The Morgan fingerprint density at radius 1 is 1.00 bits per heavy atom. The molecule has 1 aromatic heterocycles. The van der Waals surface area contributed by atoms with E-state index in [4.69, 9.17) is 0 Å². The van der Waals surface area contributed by atoms with Crippen molar-refractivity contribution in [1.29, 1.82) is 0 Å². The van der Waals surface area contributed by atoms with E-state index in [1.165, 1.54) is 12.1 Å². The fraction of sp³-hybridized carbons (Fsp3) is 0.333. The Labute approximate surface area is 193 Å². The van der Waals surface area contributed by atoms with Crippen molar-refractivity contribution in [2.75, 3.05) is 18.4 Å². The first kappa shape index (κ1) is 23.0. The van der Waals surface area contributed by atoms with Crippen LogP contribution in [0.15, 0.2) is 47.4 Å². The molecule has 9 heteroatoms. The molecule has 174 valence electrons. The van der Waals surface area contributed by atoms with Gasteiger partial charge in [0, 0.05) is 24.3 Å². The fourth-order valence-corrected chi connectivity index (χ4v) is 5.44. The van der Waals surface area contributed by atoms with Crippen LogP contribution in [0, 0.1) is 13.8 Å². The fourth-order valence-electron chi connectivity index (χ4n) is 3.92. The molecule has 8 nitrogen and oxygen atoms in total. The van der Waals surface area contributed by atoms with Crippen LogP contribution >= 0.6 is 0 Å². The highest BCUT2D eigenvalue weighted by molar-refractivity contribution is 7.89. The van der Waals surface area contributed by atoms with Gasteiger partial charge in [-0.2, -0.15) is 9.40 Å². The minimum atomic E-state index is -3.54. The van der Waals surface area contributed by atoms with Crippen molar-refractivity contribution in [3.8, 4) is 17.0 Å². The van der Waals surface area contributed by atoms with Gasteiger partial charge in [0.15, 0.2) is 0 Å². The predicted octanol–water partition coefficient (Wildman–Crippen LogP) is 4.22. The Morgan fingerprint density at radius 3 is 2.30 bits per heavy atom. The summed E-state index contributed by atoms with van der Waals surface area (Å²) in [6.07, 6.45) is 3.85. The van der Waals surface area contributed by atoms with Crippen molar-refractivity contribution in [3.05, 3.63) is 59.3 Å². The van der Waals surface area contributed by atoms with Gasteiger partial charge in [0.05, 0.1) is 10.6 Å². The number of benzene rings is 2. The summed E-state index contributed by atoms with van der Waals surface area (Å²) in [5, 5.41) is 19.8. The number of rotatable bonds is 5. The van der Waals surface area contributed by atoms with E-state index >= 15 is 0 Å². The van der Waals surface area contributed by atoms with E-state index in [1.807, 2.05) is 19.9 Å². The zero-order valence-electron chi connectivity index (χ0n) is 18.8. The van der Waals surface area contributed by atoms with Gasteiger partial charge in [0.2, 0.25) is 10.0 Å². The second-order valence-corrected chi connectivity index (χ2v) is 10.4. The molecular weight excluding hydrogens is 440 g/mol. The molecule has 0 saturated carbocycles. The number of H-pyrrole nitrogens is 1. The predicted molar refractivity (Wildman–Crippen MR) is 127 cm³/mol. The summed E-state index contributed by atoms with van der Waals surface area (Å²) in [5.41, 5.74) is 3.66. The lowest BCUT2D eigenvalue weighted by Crippen LogP contribution is -2.31. The number of hydrogen-bond acceptors (Lipinski definition) is 5. The summed E-state index contributed by atoms with van der Waals surface area (Å²) in [6.45, 7) is 4.93. The molecule has 0 aliphatic carbocycles. The van der Waals surface area contributed by atoms with Gasteiger partial charge in [-0.05, 0) is 80.3 Å². The molecule has 1 saturated heterocycles. The van der Waals surface area contributed by atoms with E-state index in [-0.39, 0.29) is 16.3 Å². The Bertz CT molecular complexity index is 1260. The molecule has 2 heterocycles. The van der Waals surface area contributed by atoms with Crippen molar-refractivity contribution in [2.45, 2.75) is 44.4 Å². The lowest BCUT2D eigenvalue weighted by Gasteiger charge is -2.20. The molecular formula is C24H28N4O4S. The zero-order valence-corrected chi connectivity index (χ0v) is 19.6. The highest BCUT2D eigenvalue weighted by Crippen LogP contribution is 2.31. The number of aromatic amines is 1. The van der Waals surface area contributed by atoms with Crippen molar-refractivity contribution < 1.29 is 18.3 Å². The van der Waals surface area contributed by atoms with E-state index in [2.05, 4.69) is 15.5 Å². The standard InChI is InChI=1S/C24H28N4O4S/c1-16-13-20(23(29)14-17(16)2)21-15-22(27-26-21)24(30)25-18-7-9-19(10-8-18)33(31,32)28-11-5-3-4-6-12-28/h7-10,13-15,29H,3-6,11-12H2,1-2H3,(H,25,30)(H,26,27). The van der Waals surface area contributed by atoms with Gasteiger partial charge in [-0.3, -0.25) is 9.89 Å². The number of phenolic OH excluding ortho intramolecular Hbond substituents is 1. The van der Waals surface area contributed by atoms with Crippen LogP contribution in [0.5, 0.6) is 5.75 Å². The summed E-state index contributed by atoms with van der Waals surface area (Å²) < 4.78 is 27.4. The number of hydrogen-bond donors (Lipinski definition) is 3. The number of anilines is 1. The van der Waals surface area contributed by atoms with Crippen LogP contribution in [-0.4, -0.2) is 47.0 Å². The summed E-state index contributed by atoms with van der Waals surface area (Å²) in [4.78, 5) is 12.9. The number of carbonyl (C=O) groups excluding carboxylic acids is 1. The van der Waals surface area contributed by atoms with Crippen LogP contribution in [0.1, 0.15) is 47.3 Å². The first-order valence-corrected chi connectivity index (χ1v) is 12.5. The molecule has 1 aliphatic rings. The number of carbonyl (C=O) groups is 1. The third-order valence-electron chi connectivity index (χ3n) is 6.03. The van der Waals surface area contributed by atoms with Gasteiger partial charge in [-0.1, -0.05) is 12.8 Å². The number of aryl methyl sites for hydroxylation is 2. The molecule has 1 amide bonds. The Kier molecular flexibility index (Phi) is 6.53. The number of phenols is 1. The average Bonchev–Trinajstić information content (AvgIpc) is 3.11. The van der Waals surface area contributed by atoms with E-state index in [0.717, 1.165) is 36.8 Å². The number of nitrogens with zero attached hydrogens (tertiary/aromatic N) is 2. The topological polar surface area (TPSA) is 115 Å². The lowest BCUT2D eigenvalue weighted by atomic mass is 10.0. The first-order valence-electron chi connectivity index (χ1n) is 11.0. The van der Waals surface area contributed by atoms with Crippen LogP contribution in [-0.2, 0) is 10.0 Å². The number of aromatic hydroxyl groups is 1. The molecule has 0 radical (unpaired) electrons. The second kappa shape index (κ2) is 9.36. The molecule has 33 heavy (non-hydrogen) atoms. The van der Waals surface area contributed by atoms with Crippen LogP contribution in [0.3, 0.4) is 0 Å². The zero-order chi connectivity index (χ0) is 23.6. The van der Waals surface area contributed by atoms with Crippen molar-refractivity contribution in [1.82, 2.24) is 14.5 Å². The highest BCUT2D eigenvalue weighted by Gasteiger charge is 2.25. The highest BCUT2D eigenvalue weighted by atomic mass is 32.2. The average molecular weight is 469 g/mol. The number of sulfonamides is 1. The van der Waals surface area contributed by atoms with Gasteiger partial charge in [0.25, 0.3) is 5.91 Å². The summed E-state index contributed by atoms with van der Waals surface area (Å²) in [7, 11) is -3.54. The maximum atomic E-state index is 12.9. The molecule has 0 spiro atoms. The minimum Gasteiger partial charge on any atom is -0.507 e. The third kappa shape index (κ3) is 4.94. The summed E-state index contributed by atoms with van der Waals surface area (Å²) >= 11 is 0. The SMILES string of the molecule is Cc1cc(O)c(-c2cc(C(=O)Nc3ccc(S(=O)(=O)N4CCCCCC4)cc3)[nH]n2)cc1C. The van der Waals surface area contributed by atoms with Gasteiger partial charge in [-0.15, -0.1) is 0 Å². The Hall–Kier alpha value is -3.17. The number of amides is 1. The smallest absolute Gasteiger partial charge is 0.273 e. The van der Waals surface area contributed by atoms with Gasteiger partial charge < -0.3 is 10.4 Å². The van der Waals surface area contributed by atoms with E-state index in [1.54, 1.807) is 28.6 Å². The quantitative estimate of drug-likeness (QED) is 0.519. The van der Waals surface area contributed by atoms with Crippen molar-refractivity contribution >= 4 is 21.6 Å². The minimum absolute atomic E-state index is 0.0952. The van der Waals surface area contributed by atoms with Crippen LogP contribution < -0.4 is 5.32 Å². The van der Waals surface area contributed by atoms with Crippen molar-refractivity contribution in [3.63, 3.8) is 0 Å². The normalized spacial score (nSPS) is 15.2. The molecule has 3 aromatic rings. The van der Waals surface area contributed by atoms with E-state index in [0.29, 0.717) is 30.0 Å². The summed E-state index contributed by atoms with van der Waals surface area (Å²) in [5.74, 6) is -0.321. The van der Waals surface area contributed by atoms with Gasteiger partial charge in [0.1, 0.15) is 11.4 Å². The number of aromatic nitrogens is 2. The molecule has 0 atom stereocenters. The van der Waals surface area contributed by atoms with Crippen LogP contribution in [0.2, 0.25) is 0 Å². The van der Waals surface area contributed by atoms with Gasteiger partial charge in [-0.25, -0.2) is 8.42 Å². The number of nitrogens with one attached hydrogen (secondary N) is 2. The molecule has 1 aliphatic heterocycles. The van der Waals surface area contributed by atoms with Crippen molar-refractivity contribution in [2.24, 2.45) is 0 Å². The first-order chi connectivity index (χ1) is 15.8.